The lowest BCUT2D eigenvalue weighted by Crippen LogP contribution is -2.44. The van der Waals surface area contributed by atoms with E-state index in [4.69, 9.17) is 9.47 Å². The van der Waals surface area contributed by atoms with Crippen molar-refractivity contribution in [1.29, 1.82) is 0 Å². The van der Waals surface area contributed by atoms with Crippen molar-refractivity contribution in [2.45, 2.75) is 12.5 Å². The van der Waals surface area contributed by atoms with Crippen LogP contribution in [0, 0.1) is 5.82 Å². The number of para-hydroxylation sites is 2. The van der Waals surface area contributed by atoms with Crippen LogP contribution in [0.5, 0.6) is 11.5 Å². The van der Waals surface area contributed by atoms with E-state index in [0.717, 1.165) is 0 Å². The van der Waals surface area contributed by atoms with Gasteiger partial charge in [-0.3, -0.25) is 0 Å². The Bertz CT molecular complexity index is 708. The van der Waals surface area contributed by atoms with E-state index in [0.29, 0.717) is 43.2 Å². The molecule has 1 unspecified atom stereocenters. The zero-order valence-corrected chi connectivity index (χ0v) is 13.1. The van der Waals surface area contributed by atoms with E-state index < -0.39 is 0 Å². The van der Waals surface area contributed by atoms with E-state index in [9.17, 15) is 9.18 Å². The number of benzene rings is 2. The molecule has 5 nitrogen and oxygen atoms in total. The van der Waals surface area contributed by atoms with Crippen LogP contribution in [0.4, 0.5) is 9.18 Å². The molecule has 1 heterocycles. The van der Waals surface area contributed by atoms with Crippen molar-refractivity contribution in [3.8, 4) is 11.5 Å². The van der Waals surface area contributed by atoms with Crippen molar-refractivity contribution in [3.63, 3.8) is 0 Å². The standard InChI is InChI=1S/C18H19FN2O3/c19-15-6-2-1-5-13(15)9-10-20-18(22)21-11-14-12-23-16-7-3-4-8-17(16)24-14/h1-8,14H,9-12H2,(H2,20,21,22). The van der Waals surface area contributed by atoms with Crippen molar-refractivity contribution in [2.75, 3.05) is 19.7 Å². The van der Waals surface area contributed by atoms with Crippen LogP contribution >= 0.6 is 0 Å². The summed E-state index contributed by atoms with van der Waals surface area (Å²) in [5, 5.41) is 5.44. The summed E-state index contributed by atoms with van der Waals surface area (Å²) in [6.07, 6.45) is 0.202. The molecule has 0 fully saturated rings. The van der Waals surface area contributed by atoms with Gasteiger partial charge < -0.3 is 20.1 Å². The molecule has 24 heavy (non-hydrogen) atoms. The van der Waals surface area contributed by atoms with Gasteiger partial charge in [-0.15, -0.1) is 0 Å². The average molecular weight is 330 g/mol. The smallest absolute Gasteiger partial charge is 0.314 e. The molecule has 0 radical (unpaired) electrons. The maximum Gasteiger partial charge on any atom is 0.314 e. The third-order valence-electron chi connectivity index (χ3n) is 3.70. The lowest BCUT2D eigenvalue weighted by Gasteiger charge is -2.26. The first-order valence-electron chi connectivity index (χ1n) is 7.86. The molecule has 0 saturated heterocycles. The molecule has 2 aromatic carbocycles. The Morgan fingerprint density at radius 3 is 2.67 bits per heavy atom. The summed E-state index contributed by atoms with van der Waals surface area (Å²) in [6.45, 7) is 1.07. The van der Waals surface area contributed by atoms with Crippen LogP contribution in [-0.2, 0) is 6.42 Å². The van der Waals surface area contributed by atoms with E-state index >= 15 is 0 Å². The highest BCUT2D eigenvalue weighted by atomic mass is 19.1. The Morgan fingerprint density at radius 1 is 1.08 bits per heavy atom. The lowest BCUT2D eigenvalue weighted by atomic mass is 10.1. The normalized spacial score (nSPS) is 15.6. The van der Waals surface area contributed by atoms with Crippen LogP contribution in [0.25, 0.3) is 0 Å². The number of ether oxygens (including phenoxy) is 2. The SMILES string of the molecule is O=C(NCCc1ccccc1F)NCC1COc2ccccc2O1. The zero-order chi connectivity index (χ0) is 16.8. The maximum atomic E-state index is 13.5. The first kappa shape index (κ1) is 16.1. The quantitative estimate of drug-likeness (QED) is 0.885. The molecule has 2 aromatic rings. The second-order valence-corrected chi connectivity index (χ2v) is 5.48. The Balaban J connectivity index is 1.38. The number of amides is 2. The molecule has 0 saturated carbocycles. The topological polar surface area (TPSA) is 59.6 Å². The molecular weight excluding hydrogens is 311 g/mol. The van der Waals surface area contributed by atoms with Gasteiger partial charge >= 0.3 is 6.03 Å². The second-order valence-electron chi connectivity index (χ2n) is 5.48. The number of halogens is 1. The molecule has 0 aliphatic carbocycles. The van der Waals surface area contributed by atoms with E-state index in [1.54, 1.807) is 18.2 Å². The van der Waals surface area contributed by atoms with Gasteiger partial charge in [0.2, 0.25) is 0 Å². The number of rotatable bonds is 5. The van der Waals surface area contributed by atoms with Gasteiger partial charge in [-0.2, -0.15) is 0 Å². The average Bonchev–Trinajstić information content (AvgIpc) is 2.61. The molecular formula is C18H19FN2O3. The van der Waals surface area contributed by atoms with Gasteiger partial charge in [-0.05, 0) is 30.2 Å². The molecule has 0 spiro atoms. The van der Waals surface area contributed by atoms with Gasteiger partial charge in [0.15, 0.2) is 17.6 Å². The monoisotopic (exact) mass is 330 g/mol. The van der Waals surface area contributed by atoms with Gasteiger partial charge in [-0.1, -0.05) is 30.3 Å². The summed E-state index contributed by atoms with van der Waals surface area (Å²) in [6, 6.07) is 13.6. The number of nitrogens with one attached hydrogen (secondary N) is 2. The fourth-order valence-electron chi connectivity index (χ4n) is 2.44. The minimum absolute atomic E-state index is 0.239. The van der Waals surface area contributed by atoms with Crippen molar-refractivity contribution in [3.05, 3.63) is 59.9 Å². The van der Waals surface area contributed by atoms with E-state index in [1.807, 2.05) is 24.3 Å². The Kier molecular flexibility index (Phi) is 5.15. The van der Waals surface area contributed by atoms with Gasteiger partial charge in [0.05, 0.1) is 6.54 Å². The molecule has 0 bridgehead atoms. The summed E-state index contributed by atoms with van der Waals surface area (Å²) in [4.78, 5) is 11.8. The van der Waals surface area contributed by atoms with E-state index in [2.05, 4.69) is 10.6 Å². The third kappa shape index (κ3) is 4.16. The predicted molar refractivity (Wildman–Crippen MR) is 87.9 cm³/mol. The van der Waals surface area contributed by atoms with Crippen LogP contribution in [0.15, 0.2) is 48.5 Å². The molecule has 126 valence electrons. The number of urea groups is 1. The second kappa shape index (κ2) is 7.68. The molecule has 3 rings (SSSR count). The summed E-state index contributed by atoms with van der Waals surface area (Å²) in [5.74, 6) is 1.13. The van der Waals surface area contributed by atoms with Crippen molar-refractivity contribution >= 4 is 6.03 Å². The highest BCUT2D eigenvalue weighted by Crippen LogP contribution is 2.30. The molecule has 2 N–H and O–H groups in total. The molecule has 1 aliphatic heterocycles. The van der Waals surface area contributed by atoms with Gasteiger partial charge in [0, 0.05) is 6.54 Å². The predicted octanol–water partition coefficient (Wildman–Crippen LogP) is 2.51. The Labute approximate surface area is 139 Å². The molecule has 0 aromatic heterocycles. The third-order valence-corrected chi connectivity index (χ3v) is 3.70. The first-order chi connectivity index (χ1) is 11.7. The summed E-state index contributed by atoms with van der Waals surface area (Å²) >= 11 is 0. The van der Waals surface area contributed by atoms with Gasteiger partial charge in [0.1, 0.15) is 12.4 Å². The molecule has 6 heteroatoms. The van der Waals surface area contributed by atoms with Crippen molar-refractivity contribution in [2.24, 2.45) is 0 Å². The van der Waals surface area contributed by atoms with Crippen LogP contribution in [0.2, 0.25) is 0 Å². The van der Waals surface area contributed by atoms with Gasteiger partial charge in [0.25, 0.3) is 0 Å². The summed E-state index contributed by atoms with van der Waals surface area (Å²) in [7, 11) is 0. The molecule has 1 aliphatic rings. The van der Waals surface area contributed by atoms with Crippen molar-refractivity contribution in [1.82, 2.24) is 10.6 Å². The van der Waals surface area contributed by atoms with Crippen LogP contribution in [0.3, 0.4) is 0 Å². The van der Waals surface area contributed by atoms with Crippen molar-refractivity contribution < 1.29 is 18.7 Å². The zero-order valence-electron chi connectivity index (χ0n) is 13.1. The van der Waals surface area contributed by atoms with Crippen LogP contribution in [0.1, 0.15) is 5.56 Å². The lowest BCUT2D eigenvalue weighted by molar-refractivity contribution is 0.0918. The number of hydrogen-bond acceptors (Lipinski definition) is 3. The van der Waals surface area contributed by atoms with Gasteiger partial charge in [-0.25, -0.2) is 9.18 Å². The van der Waals surface area contributed by atoms with E-state index in [1.165, 1.54) is 6.07 Å². The first-order valence-corrected chi connectivity index (χ1v) is 7.86. The maximum absolute atomic E-state index is 13.5. The van der Waals surface area contributed by atoms with Crippen LogP contribution in [-0.4, -0.2) is 31.8 Å². The number of hydrogen-bond donors (Lipinski definition) is 2. The molecule has 2 amide bonds. The minimum atomic E-state index is -0.311. The number of fused-ring (bicyclic) bond motifs is 1. The largest absolute Gasteiger partial charge is 0.486 e. The van der Waals surface area contributed by atoms with E-state index in [-0.39, 0.29) is 18.0 Å². The number of carbonyl (C=O) groups is 1. The Hall–Kier alpha value is -2.76. The van der Waals surface area contributed by atoms with Crippen LogP contribution < -0.4 is 20.1 Å². The summed E-state index contributed by atoms with van der Waals surface area (Å²) < 4.78 is 24.8. The fourth-order valence-corrected chi connectivity index (χ4v) is 2.44. The fraction of sp³-hybridized carbons (Fsp3) is 0.278. The number of carbonyl (C=O) groups excluding carboxylic acids is 1. The molecule has 1 atom stereocenters. The minimum Gasteiger partial charge on any atom is -0.486 e. The highest BCUT2D eigenvalue weighted by Gasteiger charge is 2.20. The highest BCUT2D eigenvalue weighted by molar-refractivity contribution is 5.73. The summed E-state index contributed by atoms with van der Waals surface area (Å²) in [5.41, 5.74) is 0.582. The Morgan fingerprint density at radius 2 is 1.83 bits per heavy atom.